The average molecular weight is 411 g/mol. The van der Waals surface area contributed by atoms with E-state index in [2.05, 4.69) is 5.32 Å². The predicted octanol–water partition coefficient (Wildman–Crippen LogP) is 2.84. The van der Waals surface area contributed by atoms with Crippen molar-refractivity contribution in [2.24, 2.45) is 23.2 Å². The van der Waals surface area contributed by atoms with Gasteiger partial charge in [0.15, 0.2) is 6.61 Å². The van der Waals surface area contributed by atoms with Crippen molar-refractivity contribution < 1.29 is 19.1 Å². The molecular weight excluding hydrogens is 380 g/mol. The van der Waals surface area contributed by atoms with Gasteiger partial charge >= 0.3 is 5.97 Å². The maximum Gasteiger partial charge on any atom is 0.325 e. The van der Waals surface area contributed by atoms with Gasteiger partial charge in [0, 0.05) is 17.1 Å². The maximum absolute atomic E-state index is 12.9. The topological polar surface area (TPSA) is 75.7 Å². The molecule has 0 unspecified atom stereocenters. The number of ether oxygens (including phenoxy) is 1. The Labute approximate surface area is 177 Å². The molecule has 0 saturated heterocycles. The van der Waals surface area contributed by atoms with Gasteiger partial charge in [0.2, 0.25) is 5.91 Å². The molecule has 6 heteroatoms. The largest absolute Gasteiger partial charge is 0.454 e. The van der Waals surface area contributed by atoms with Crippen LogP contribution in [0.2, 0.25) is 0 Å². The first-order valence-electron chi connectivity index (χ1n) is 11.3. The van der Waals surface area contributed by atoms with E-state index in [9.17, 15) is 14.4 Å². The lowest BCUT2D eigenvalue weighted by molar-refractivity contribution is -0.152. The van der Waals surface area contributed by atoms with Crippen LogP contribution >= 0.6 is 0 Å². The summed E-state index contributed by atoms with van der Waals surface area (Å²) in [5.74, 6) is 1.26. The zero-order chi connectivity index (χ0) is 20.9. The highest BCUT2D eigenvalue weighted by Gasteiger charge is 2.54. The van der Waals surface area contributed by atoms with Crippen LogP contribution in [-0.2, 0) is 25.5 Å². The smallest absolute Gasteiger partial charge is 0.325 e. The molecule has 4 aliphatic carbocycles. The number of hydrogen-bond acceptors (Lipinski definition) is 4. The molecule has 0 radical (unpaired) electrons. The van der Waals surface area contributed by atoms with Gasteiger partial charge in [-0.25, -0.2) is 0 Å². The van der Waals surface area contributed by atoms with E-state index in [1.807, 2.05) is 31.2 Å². The first kappa shape index (κ1) is 19.6. The summed E-state index contributed by atoms with van der Waals surface area (Å²) in [6.07, 6.45) is 7.51. The summed E-state index contributed by atoms with van der Waals surface area (Å²) in [5, 5.41) is 2.82. The van der Waals surface area contributed by atoms with Crippen LogP contribution in [0.15, 0.2) is 24.3 Å². The van der Waals surface area contributed by atoms with Crippen LogP contribution in [0.5, 0.6) is 0 Å². The van der Waals surface area contributed by atoms with E-state index < -0.39 is 5.97 Å². The molecule has 6 nitrogen and oxygen atoms in total. The molecule has 5 aliphatic rings. The van der Waals surface area contributed by atoms with Crippen molar-refractivity contribution in [1.82, 2.24) is 5.32 Å². The van der Waals surface area contributed by atoms with Gasteiger partial charge in [-0.05, 0) is 81.3 Å². The minimum atomic E-state index is -0.554. The van der Waals surface area contributed by atoms with Crippen LogP contribution in [-0.4, -0.2) is 37.0 Å². The number of para-hydroxylation sites is 1. The highest BCUT2D eigenvalue weighted by atomic mass is 16.5. The van der Waals surface area contributed by atoms with Crippen molar-refractivity contribution in [3.8, 4) is 0 Å². The fourth-order valence-corrected chi connectivity index (χ4v) is 6.94. The van der Waals surface area contributed by atoms with E-state index in [0.29, 0.717) is 17.8 Å². The van der Waals surface area contributed by atoms with Crippen molar-refractivity contribution in [2.75, 3.05) is 18.1 Å². The lowest BCUT2D eigenvalue weighted by atomic mass is 9.49. The third-order valence-electron chi connectivity index (χ3n) is 7.75. The fourth-order valence-electron chi connectivity index (χ4n) is 6.94. The highest BCUT2D eigenvalue weighted by Crippen LogP contribution is 2.60. The quantitative estimate of drug-likeness (QED) is 0.758. The van der Waals surface area contributed by atoms with Crippen molar-refractivity contribution >= 4 is 23.5 Å². The number of rotatable bonds is 5. The van der Waals surface area contributed by atoms with E-state index in [4.69, 9.17) is 4.74 Å². The number of carbonyl (C=O) groups excluding carboxylic acids is 3. The maximum atomic E-state index is 12.9. The molecule has 1 aromatic rings. The summed E-state index contributed by atoms with van der Waals surface area (Å²) in [7, 11) is 0. The van der Waals surface area contributed by atoms with Gasteiger partial charge < -0.3 is 15.0 Å². The Morgan fingerprint density at radius 2 is 1.70 bits per heavy atom. The normalized spacial score (nSPS) is 33.3. The molecule has 4 fully saturated rings. The molecule has 1 heterocycles. The SMILES string of the molecule is C[C@H]1Cc2ccccc2N1C(=O)COC(=O)CNC(=O)C12CC3CC(CC(C3)C1)C2. The van der Waals surface area contributed by atoms with Crippen molar-refractivity contribution in [3.05, 3.63) is 29.8 Å². The summed E-state index contributed by atoms with van der Waals surface area (Å²) in [4.78, 5) is 39.5. The van der Waals surface area contributed by atoms with Crippen LogP contribution in [0.25, 0.3) is 0 Å². The van der Waals surface area contributed by atoms with Gasteiger partial charge in [-0.1, -0.05) is 18.2 Å². The number of nitrogens with zero attached hydrogens (tertiary/aromatic N) is 1. The minimum Gasteiger partial charge on any atom is -0.454 e. The van der Waals surface area contributed by atoms with Gasteiger partial charge in [0.05, 0.1) is 0 Å². The third kappa shape index (κ3) is 3.40. The fraction of sp³-hybridized carbons (Fsp3) is 0.625. The number of fused-ring (bicyclic) bond motifs is 1. The molecule has 4 bridgehead atoms. The molecule has 0 aromatic heterocycles. The minimum absolute atomic E-state index is 0.00645. The standard InChI is InChI=1S/C24H30N2O4/c1-15-6-19-4-2-3-5-20(19)26(15)21(27)14-30-22(28)13-25-23(29)24-10-16-7-17(11-24)9-18(8-16)12-24/h2-5,15-18H,6-14H2,1H3,(H,25,29)/t15-,16?,17?,18?,24?/m0/s1. The number of benzene rings is 1. The lowest BCUT2D eigenvalue weighted by Gasteiger charge is -2.55. The molecule has 160 valence electrons. The van der Waals surface area contributed by atoms with Crippen LogP contribution in [0.4, 0.5) is 5.69 Å². The van der Waals surface area contributed by atoms with Crippen LogP contribution in [0.1, 0.15) is 51.0 Å². The van der Waals surface area contributed by atoms with Crippen LogP contribution in [0.3, 0.4) is 0 Å². The zero-order valence-electron chi connectivity index (χ0n) is 17.6. The molecule has 1 aliphatic heterocycles. The lowest BCUT2D eigenvalue weighted by Crippen LogP contribution is -2.54. The Morgan fingerprint density at radius 1 is 1.07 bits per heavy atom. The molecule has 30 heavy (non-hydrogen) atoms. The van der Waals surface area contributed by atoms with E-state index in [1.165, 1.54) is 19.3 Å². The molecule has 6 rings (SSSR count). The van der Waals surface area contributed by atoms with Gasteiger partial charge in [-0.2, -0.15) is 0 Å². The highest BCUT2D eigenvalue weighted by molar-refractivity contribution is 5.98. The van der Waals surface area contributed by atoms with Gasteiger partial charge in [0.25, 0.3) is 5.91 Å². The average Bonchev–Trinajstić information content (AvgIpc) is 3.05. The second-order valence-electron chi connectivity index (χ2n) is 9.99. The van der Waals surface area contributed by atoms with Gasteiger partial charge in [-0.3, -0.25) is 14.4 Å². The van der Waals surface area contributed by atoms with E-state index >= 15 is 0 Å². The molecule has 0 spiro atoms. The number of esters is 1. The Balaban J connectivity index is 1.12. The second-order valence-corrected chi connectivity index (χ2v) is 9.99. The summed E-state index contributed by atoms with van der Waals surface area (Å²) < 4.78 is 5.20. The summed E-state index contributed by atoms with van der Waals surface area (Å²) >= 11 is 0. The number of carbonyl (C=O) groups is 3. The van der Waals surface area contributed by atoms with Gasteiger partial charge in [0.1, 0.15) is 6.54 Å². The van der Waals surface area contributed by atoms with Crippen molar-refractivity contribution in [1.29, 1.82) is 0 Å². The number of nitrogens with one attached hydrogen (secondary N) is 1. The number of anilines is 1. The number of amides is 2. The van der Waals surface area contributed by atoms with Gasteiger partial charge in [-0.15, -0.1) is 0 Å². The molecular formula is C24H30N2O4. The molecule has 1 aromatic carbocycles. The molecule has 1 N–H and O–H groups in total. The van der Waals surface area contributed by atoms with Crippen LogP contribution < -0.4 is 10.2 Å². The predicted molar refractivity (Wildman–Crippen MR) is 112 cm³/mol. The first-order chi connectivity index (χ1) is 14.4. The Kier molecular flexibility index (Phi) is 4.83. The molecule has 1 atom stereocenters. The summed E-state index contributed by atoms with van der Waals surface area (Å²) in [6.45, 7) is 1.52. The van der Waals surface area contributed by atoms with E-state index in [-0.39, 0.29) is 36.4 Å². The Morgan fingerprint density at radius 3 is 2.37 bits per heavy atom. The zero-order valence-corrected chi connectivity index (χ0v) is 17.6. The Bertz CT molecular complexity index is 844. The monoisotopic (exact) mass is 410 g/mol. The first-order valence-corrected chi connectivity index (χ1v) is 11.3. The summed E-state index contributed by atoms with van der Waals surface area (Å²) in [6, 6.07) is 7.86. The van der Waals surface area contributed by atoms with Crippen LogP contribution in [0, 0.1) is 23.2 Å². The van der Waals surface area contributed by atoms with E-state index in [1.54, 1.807) is 4.90 Å². The summed E-state index contributed by atoms with van der Waals surface area (Å²) in [5.41, 5.74) is 1.74. The molecule has 2 amide bonds. The van der Waals surface area contributed by atoms with E-state index in [0.717, 1.165) is 36.9 Å². The van der Waals surface area contributed by atoms with Crippen molar-refractivity contribution in [3.63, 3.8) is 0 Å². The van der Waals surface area contributed by atoms with Crippen molar-refractivity contribution in [2.45, 2.75) is 57.9 Å². The molecule has 4 saturated carbocycles. The third-order valence-corrected chi connectivity index (χ3v) is 7.75. The Hall–Kier alpha value is -2.37. The number of hydrogen-bond donors (Lipinski definition) is 1. The second kappa shape index (κ2) is 7.40.